The van der Waals surface area contributed by atoms with E-state index in [-0.39, 0.29) is 0 Å². The predicted molar refractivity (Wildman–Crippen MR) is 39.5 cm³/mol. The van der Waals surface area contributed by atoms with Gasteiger partial charge in [0, 0.05) is 16.0 Å². The molecule has 0 saturated heterocycles. The topological polar surface area (TPSA) is 12.9 Å². The van der Waals surface area contributed by atoms with E-state index in [2.05, 4.69) is 17.2 Å². The van der Waals surface area contributed by atoms with E-state index in [0.29, 0.717) is 0 Å². The summed E-state index contributed by atoms with van der Waals surface area (Å²) >= 11 is 1.74. The average Bonchev–Trinajstić information content (AvgIpc) is 2.14. The maximum absolute atomic E-state index is 4.25. The van der Waals surface area contributed by atoms with E-state index in [4.69, 9.17) is 0 Å². The Bertz CT molecular complexity index is 173. The average molecular weight is 125 g/mol. The first-order valence-corrected chi connectivity index (χ1v) is 3.62. The molecule has 0 N–H and O–H groups in total. The van der Waals surface area contributed by atoms with Gasteiger partial charge in [-0.1, -0.05) is 6.82 Å². The highest BCUT2D eigenvalue weighted by atomic mass is 32.1. The molecule has 0 fully saturated rings. The summed E-state index contributed by atoms with van der Waals surface area (Å²) in [7, 11) is 1.07. The van der Waals surface area contributed by atoms with E-state index in [9.17, 15) is 0 Å². The molecule has 0 unspecified atom stereocenters. The molecule has 1 aromatic rings. The van der Waals surface area contributed by atoms with E-state index < -0.39 is 0 Å². The van der Waals surface area contributed by atoms with Gasteiger partial charge in [0.25, 0.3) is 0 Å². The summed E-state index contributed by atoms with van der Waals surface area (Å²) in [5.74, 6) is 0. The lowest BCUT2D eigenvalue weighted by atomic mass is 9.84. The maximum atomic E-state index is 4.25. The molecule has 0 bridgehead atoms. The van der Waals surface area contributed by atoms with Gasteiger partial charge >= 0.3 is 0 Å². The van der Waals surface area contributed by atoms with Crippen molar-refractivity contribution in [1.29, 1.82) is 0 Å². The lowest BCUT2D eigenvalue weighted by Gasteiger charge is -1.77. The van der Waals surface area contributed by atoms with Crippen LogP contribution in [0.2, 0.25) is 6.82 Å². The Morgan fingerprint density at radius 1 is 1.75 bits per heavy atom. The van der Waals surface area contributed by atoms with Gasteiger partial charge in [-0.15, -0.1) is 11.3 Å². The van der Waals surface area contributed by atoms with Crippen LogP contribution in [0.1, 0.15) is 5.69 Å². The van der Waals surface area contributed by atoms with E-state index >= 15 is 0 Å². The number of nitrogens with zero attached hydrogens (tertiary/aromatic N) is 1. The molecule has 1 nitrogen and oxygen atoms in total. The van der Waals surface area contributed by atoms with Gasteiger partial charge in [-0.2, -0.15) is 0 Å². The van der Waals surface area contributed by atoms with Gasteiger partial charge in [-0.3, -0.25) is 4.98 Å². The molecule has 42 valence electrons. The Labute approximate surface area is 54.0 Å². The minimum Gasteiger partial charge on any atom is -0.257 e. The van der Waals surface area contributed by atoms with Gasteiger partial charge in [0.05, 0.1) is 0 Å². The summed E-state index contributed by atoms with van der Waals surface area (Å²) in [4.78, 5) is 5.49. The van der Waals surface area contributed by atoms with Crippen molar-refractivity contribution in [2.75, 3.05) is 0 Å². The van der Waals surface area contributed by atoms with E-state index in [0.717, 1.165) is 13.0 Å². The van der Waals surface area contributed by atoms with Crippen LogP contribution in [0.15, 0.2) is 5.38 Å². The minimum absolute atomic E-state index is 1.07. The lowest BCUT2D eigenvalue weighted by molar-refractivity contribution is 1.29. The van der Waals surface area contributed by atoms with Crippen molar-refractivity contribution in [2.45, 2.75) is 13.7 Å². The Hall–Kier alpha value is -0.305. The molecule has 3 heteroatoms. The SMILES string of the molecule is CBc1nc(C)cs1. The number of aryl methyl sites for hydroxylation is 1. The second-order valence-corrected chi connectivity index (χ2v) is 2.68. The quantitative estimate of drug-likeness (QED) is 0.499. The second kappa shape index (κ2) is 2.31. The third kappa shape index (κ3) is 1.10. The molecule has 1 heterocycles. The molecule has 0 aliphatic rings. The third-order valence-corrected chi connectivity index (χ3v) is 2.08. The predicted octanol–water partition coefficient (Wildman–Crippen LogP) is 0.561. The summed E-state index contributed by atoms with van der Waals surface area (Å²) in [6.07, 6.45) is 0. The van der Waals surface area contributed by atoms with Crippen LogP contribution >= 0.6 is 11.3 Å². The monoisotopic (exact) mass is 125 g/mol. The molecule has 0 amide bonds. The zero-order valence-electron chi connectivity index (χ0n) is 5.14. The molecule has 0 aliphatic carbocycles. The fraction of sp³-hybridized carbons (Fsp3) is 0.400. The Kier molecular flexibility index (Phi) is 1.68. The maximum Gasteiger partial charge on any atom is 0.192 e. The van der Waals surface area contributed by atoms with E-state index in [1.807, 2.05) is 6.92 Å². The normalized spacial score (nSPS) is 9.25. The third-order valence-electron chi connectivity index (χ3n) is 0.969. The van der Waals surface area contributed by atoms with E-state index in [1.165, 1.54) is 4.91 Å². The number of hydrogen-bond donors (Lipinski definition) is 0. The Morgan fingerprint density at radius 2 is 2.50 bits per heavy atom. The van der Waals surface area contributed by atoms with Crippen molar-refractivity contribution in [2.24, 2.45) is 0 Å². The first kappa shape index (κ1) is 5.82. The van der Waals surface area contributed by atoms with Crippen LogP contribution in [0.5, 0.6) is 0 Å². The number of aromatic nitrogens is 1. The highest BCUT2D eigenvalue weighted by Gasteiger charge is 1.92. The molecule has 0 aliphatic heterocycles. The smallest absolute Gasteiger partial charge is 0.192 e. The van der Waals surface area contributed by atoms with Crippen molar-refractivity contribution in [1.82, 2.24) is 4.98 Å². The van der Waals surface area contributed by atoms with Crippen molar-refractivity contribution < 1.29 is 0 Å². The molecule has 1 aromatic heterocycles. The van der Waals surface area contributed by atoms with Crippen LogP contribution in [0.4, 0.5) is 0 Å². The molecule has 0 aromatic carbocycles. The van der Waals surface area contributed by atoms with E-state index in [1.54, 1.807) is 11.3 Å². The van der Waals surface area contributed by atoms with Gasteiger partial charge in [0.2, 0.25) is 0 Å². The summed E-state index contributed by atoms with van der Waals surface area (Å²) < 4.78 is 0. The highest BCUT2D eigenvalue weighted by molar-refractivity contribution is 7.19. The first-order valence-electron chi connectivity index (χ1n) is 2.74. The molecule has 1 rings (SSSR count). The summed E-state index contributed by atoms with van der Waals surface area (Å²) in [6, 6.07) is 0. The fourth-order valence-electron chi connectivity index (χ4n) is 0.565. The molecular formula is C5H8BNS. The second-order valence-electron chi connectivity index (χ2n) is 1.74. The molecule has 0 radical (unpaired) electrons. The van der Waals surface area contributed by atoms with Gasteiger partial charge in [-0.25, -0.2) is 0 Å². The summed E-state index contributed by atoms with van der Waals surface area (Å²) in [6.45, 7) is 4.15. The Morgan fingerprint density at radius 3 is 2.75 bits per heavy atom. The van der Waals surface area contributed by atoms with Gasteiger partial charge in [0.1, 0.15) is 0 Å². The fourth-order valence-corrected chi connectivity index (χ4v) is 1.29. The minimum atomic E-state index is 1.07. The van der Waals surface area contributed by atoms with Crippen molar-refractivity contribution >= 4 is 23.5 Å². The zero-order valence-corrected chi connectivity index (χ0v) is 5.96. The van der Waals surface area contributed by atoms with Crippen LogP contribution in [0.25, 0.3) is 0 Å². The van der Waals surface area contributed by atoms with Gasteiger partial charge in [-0.05, 0) is 6.92 Å². The first-order chi connectivity index (χ1) is 3.83. The largest absolute Gasteiger partial charge is 0.257 e. The van der Waals surface area contributed by atoms with Gasteiger partial charge < -0.3 is 0 Å². The number of rotatable bonds is 1. The molecule has 8 heavy (non-hydrogen) atoms. The molecule has 0 atom stereocenters. The summed E-state index contributed by atoms with van der Waals surface area (Å²) in [5.41, 5.74) is 1.15. The van der Waals surface area contributed by atoms with Crippen molar-refractivity contribution in [3.05, 3.63) is 11.1 Å². The van der Waals surface area contributed by atoms with Crippen molar-refractivity contribution in [3.63, 3.8) is 0 Å². The van der Waals surface area contributed by atoms with Crippen LogP contribution in [-0.4, -0.2) is 12.3 Å². The zero-order chi connectivity index (χ0) is 5.98. The van der Waals surface area contributed by atoms with Crippen LogP contribution < -0.4 is 4.91 Å². The van der Waals surface area contributed by atoms with Crippen LogP contribution in [0, 0.1) is 6.92 Å². The standard InChI is InChI=1S/C5H8BNS/c1-4-3-8-5(6-2)7-4/h3,6H,1-2H3. The highest BCUT2D eigenvalue weighted by Crippen LogP contribution is 1.94. The number of hydrogen-bond acceptors (Lipinski definition) is 2. The summed E-state index contributed by atoms with van der Waals surface area (Å²) in [5, 5.41) is 2.08. The Balaban J connectivity index is 2.84. The molecular weight excluding hydrogens is 117 g/mol. The lowest BCUT2D eigenvalue weighted by Crippen LogP contribution is -2.07. The van der Waals surface area contributed by atoms with Crippen molar-refractivity contribution in [3.8, 4) is 0 Å². The van der Waals surface area contributed by atoms with Crippen LogP contribution in [-0.2, 0) is 0 Å². The molecule has 0 saturated carbocycles. The number of thiazole rings is 1. The molecule has 0 spiro atoms. The van der Waals surface area contributed by atoms with Crippen LogP contribution in [0.3, 0.4) is 0 Å². The van der Waals surface area contributed by atoms with Gasteiger partial charge in [0.15, 0.2) is 7.28 Å².